The number of carbonyl (C=O) groups is 3. The van der Waals surface area contributed by atoms with Crippen LogP contribution < -0.4 is 20.1 Å². The first-order valence-electron chi connectivity index (χ1n) is 9.05. The number of benzene rings is 2. The van der Waals surface area contributed by atoms with Crippen molar-refractivity contribution in [2.75, 3.05) is 11.7 Å². The molecule has 0 radical (unpaired) electrons. The molecule has 11 heteroatoms. The van der Waals surface area contributed by atoms with Crippen molar-refractivity contribution in [2.24, 2.45) is 15.9 Å². The van der Waals surface area contributed by atoms with Crippen LogP contribution in [-0.2, 0) is 9.59 Å². The van der Waals surface area contributed by atoms with Crippen molar-refractivity contribution in [1.82, 2.24) is 0 Å². The molecule has 10 nitrogen and oxygen atoms in total. The Labute approximate surface area is 180 Å². The highest BCUT2D eigenvalue weighted by Gasteiger charge is 2.40. The molecule has 3 N–H and O–H groups in total. The molecule has 158 valence electrons. The van der Waals surface area contributed by atoms with Crippen LogP contribution in [0.25, 0.3) is 0 Å². The Morgan fingerprint density at radius 3 is 2.81 bits per heavy atom. The predicted molar refractivity (Wildman–Crippen MR) is 114 cm³/mol. The van der Waals surface area contributed by atoms with E-state index in [1.807, 2.05) is 0 Å². The first-order chi connectivity index (χ1) is 14.9. The number of amidine groups is 1. The number of carboxylic acids is 1. The van der Waals surface area contributed by atoms with Crippen LogP contribution in [0, 0.1) is 0 Å². The zero-order valence-electron chi connectivity index (χ0n) is 15.9. The number of carbonyl (C=O) groups excluding carboxylic acids is 2. The van der Waals surface area contributed by atoms with Gasteiger partial charge in [-0.1, -0.05) is 17.8 Å². The summed E-state index contributed by atoms with van der Waals surface area (Å²) in [5.74, 6) is -0.823. The Morgan fingerprint density at radius 1 is 1.19 bits per heavy atom. The third-order valence-electron chi connectivity index (χ3n) is 4.48. The molecule has 2 aromatic rings. The molecule has 0 bridgehead atoms. The number of ether oxygens (including phenoxy) is 2. The van der Waals surface area contributed by atoms with Gasteiger partial charge in [-0.25, -0.2) is 9.69 Å². The Balaban J connectivity index is 1.42. The van der Waals surface area contributed by atoms with E-state index >= 15 is 0 Å². The number of hydrogen-bond acceptors (Lipinski definition) is 8. The van der Waals surface area contributed by atoms with E-state index < -0.39 is 23.0 Å². The lowest BCUT2D eigenvalue weighted by atomic mass is 10.2. The summed E-state index contributed by atoms with van der Waals surface area (Å²) in [4.78, 5) is 37.2. The fourth-order valence-corrected chi connectivity index (χ4v) is 3.88. The van der Waals surface area contributed by atoms with Gasteiger partial charge in [0.1, 0.15) is 5.25 Å². The summed E-state index contributed by atoms with van der Waals surface area (Å²) in [6.45, 7) is 0.170. The van der Waals surface area contributed by atoms with Crippen LogP contribution in [0.2, 0.25) is 0 Å². The third kappa shape index (κ3) is 4.36. The molecule has 0 aromatic heterocycles. The quantitative estimate of drug-likeness (QED) is 0.310. The lowest BCUT2D eigenvalue weighted by Crippen LogP contribution is -2.32. The number of nitrogens with zero attached hydrogens (tertiary/aromatic N) is 3. The van der Waals surface area contributed by atoms with Crippen LogP contribution >= 0.6 is 11.8 Å². The lowest BCUT2D eigenvalue weighted by Gasteiger charge is -2.15. The normalized spacial score (nSPS) is 18.3. The average Bonchev–Trinajstić information content (AvgIpc) is 3.31. The van der Waals surface area contributed by atoms with Gasteiger partial charge in [0.25, 0.3) is 0 Å². The highest BCUT2D eigenvalue weighted by molar-refractivity contribution is 8.14. The summed E-state index contributed by atoms with van der Waals surface area (Å²) in [5, 5.41) is 16.1. The van der Waals surface area contributed by atoms with E-state index in [0.717, 1.165) is 22.2 Å². The summed E-state index contributed by atoms with van der Waals surface area (Å²) < 4.78 is 10.5. The van der Waals surface area contributed by atoms with E-state index in [1.165, 1.54) is 30.5 Å². The summed E-state index contributed by atoms with van der Waals surface area (Å²) in [6, 6.07) is 10.9. The molecule has 1 saturated heterocycles. The van der Waals surface area contributed by atoms with Crippen molar-refractivity contribution in [1.29, 1.82) is 0 Å². The summed E-state index contributed by atoms with van der Waals surface area (Å²) in [7, 11) is 0. The van der Waals surface area contributed by atoms with E-state index in [1.54, 1.807) is 18.2 Å². The molecule has 31 heavy (non-hydrogen) atoms. The molecule has 1 atom stereocenters. The van der Waals surface area contributed by atoms with Gasteiger partial charge in [-0.3, -0.25) is 9.59 Å². The van der Waals surface area contributed by atoms with E-state index in [0.29, 0.717) is 11.5 Å². The second-order valence-electron chi connectivity index (χ2n) is 6.53. The summed E-state index contributed by atoms with van der Waals surface area (Å²) in [6.07, 6.45) is 1.39. The van der Waals surface area contributed by atoms with Gasteiger partial charge < -0.3 is 20.3 Å². The second-order valence-corrected chi connectivity index (χ2v) is 7.75. The summed E-state index contributed by atoms with van der Waals surface area (Å²) in [5.41, 5.74) is 6.77. The molecule has 4 rings (SSSR count). The van der Waals surface area contributed by atoms with Crippen LogP contribution in [0.4, 0.5) is 5.69 Å². The Morgan fingerprint density at radius 2 is 2.00 bits per heavy atom. The number of amides is 2. The van der Waals surface area contributed by atoms with Gasteiger partial charge in [0, 0.05) is 6.42 Å². The molecule has 0 saturated carbocycles. The number of anilines is 1. The van der Waals surface area contributed by atoms with Crippen LogP contribution in [0.1, 0.15) is 22.3 Å². The second kappa shape index (κ2) is 8.48. The molecule has 0 aliphatic carbocycles. The minimum absolute atomic E-state index is 0.0179. The zero-order chi connectivity index (χ0) is 22.0. The van der Waals surface area contributed by atoms with Gasteiger partial charge in [0.05, 0.1) is 17.5 Å². The Hall–Kier alpha value is -3.86. The number of nitrogens with two attached hydrogens (primary N) is 1. The number of thioether (sulfide) groups is 1. The maximum atomic E-state index is 12.7. The van der Waals surface area contributed by atoms with Crippen molar-refractivity contribution in [3.63, 3.8) is 0 Å². The number of aromatic carboxylic acids is 1. The highest BCUT2D eigenvalue weighted by Crippen LogP contribution is 2.32. The number of imide groups is 1. The Bertz CT molecular complexity index is 1130. The van der Waals surface area contributed by atoms with Crippen LogP contribution in [0.15, 0.2) is 52.7 Å². The number of fused-ring (bicyclic) bond motifs is 1. The van der Waals surface area contributed by atoms with Gasteiger partial charge in [-0.2, -0.15) is 5.10 Å². The topological polar surface area (TPSA) is 144 Å². The Kier molecular flexibility index (Phi) is 5.58. The van der Waals surface area contributed by atoms with Crippen LogP contribution in [0.5, 0.6) is 11.5 Å². The van der Waals surface area contributed by atoms with Crippen molar-refractivity contribution in [2.45, 2.75) is 11.7 Å². The van der Waals surface area contributed by atoms with Gasteiger partial charge >= 0.3 is 5.97 Å². The molecule has 2 heterocycles. The SMILES string of the molecule is NC(=N/N=C/c1ccc2c(c1)OCO2)SC1CC(=O)N(c2cccc(C(=O)O)c2)C1=O. The van der Waals surface area contributed by atoms with Crippen LogP contribution in [-0.4, -0.2) is 46.3 Å². The highest BCUT2D eigenvalue weighted by atomic mass is 32.2. The van der Waals surface area contributed by atoms with E-state index in [-0.39, 0.29) is 29.6 Å². The van der Waals surface area contributed by atoms with E-state index in [9.17, 15) is 14.4 Å². The van der Waals surface area contributed by atoms with E-state index in [2.05, 4.69) is 10.2 Å². The average molecular weight is 440 g/mol. The fourth-order valence-electron chi connectivity index (χ4n) is 3.06. The van der Waals surface area contributed by atoms with E-state index in [4.69, 9.17) is 20.3 Å². The smallest absolute Gasteiger partial charge is 0.335 e. The molecule has 1 fully saturated rings. The summed E-state index contributed by atoms with van der Waals surface area (Å²) >= 11 is 0.924. The number of carboxylic acid groups (broad SMARTS) is 1. The number of hydrogen-bond donors (Lipinski definition) is 2. The molecular weight excluding hydrogens is 424 g/mol. The molecule has 2 amide bonds. The molecule has 2 aliphatic heterocycles. The van der Waals surface area contributed by atoms with Gasteiger partial charge in [0.15, 0.2) is 16.7 Å². The van der Waals surface area contributed by atoms with Gasteiger partial charge in [-0.05, 0) is 42.0 Å². The van der Waals surface area contributed by atoms with Crippen molar-refractivity contribution < 1.29 is 29.0 Å². The van der Waals surface area contributed by atoms with Gasteiger partial charge in [0.2, 0.25) is 18.6 Å². The minimum Gasteiger partial charge on any atom is -0.478 e. The fraction of sp³-hybridized carbons (Fsp3) is 0.150. The molecule has 0 spiro atoms. The van der Waals surface area contributed by atoms with Gasteiger partial charge in [-0.15, -0.1) is 5.10 Å². The molecule has 2 aliphatic rings. The molecule has 1 unspecified atom stereocenters. The minimum atomic E-state index is -1.15. The first-order valence-corrected chi connectivity index (χ1v) is 9.93. The van der Waals surface area contributed by atoms with Crippen molar-refractivity contribution in [3.05, 3.63) is 53.6 Å². The maximum absolute atomic E-state index is 12.7. The molecule has 2 aromatic carbocycles. The van der Waals surface area contributed by atoms with Crippen molar-refractivity contribution >= 4 is 46.6 Å². The largest absolute Gasteiger partial charge is 0.478 e. The number of rotatable bonds is 5. The lowest BCUT2D eigenvalue weighted by molar-refractivity contribution is -0.121. The predicted octanol–water partition coefficient (Wildman–Crippen LogP) is 1.83. The first kappa shape index (κ1) is 20.4. The molecular formula is C20H16N4O6S. The van der Waals surface area contributed by atoms with Crippen LogP contribution in [0.3, 0.4) is 0 Å². The van der Waals surface area contributed by atoms with Crippen molar-refractivity contribution in [3.8, 4) is 11.5 Å². The zero-order valence-corrected chi connectivity index (χ0v) is 16.7. The third-order valence-corrected chi connectivity index (χ3v) is 5.46. The monoisotopic (exact) mass is 440 g/mol. The maximum Gasteiger partial charge on any atom is 0.335 e. The standard InChI is InChI=1S/C20H16N4O6S/c21-20(23-22-9-11-4-5-14-15(6-11)30-10-29-14)31-16-8-17(25)24(18(16)26)13-3-1-2-12(7-13)19(27)28/h1-7,9,16H,8,10H2,(H2,21,23)(H,27,28)/b22-9+.